The molecule has 0 aromatic heterocycles. The van der Waals surface area contributed by atoms with Crippen LogP contribution >= 0.6 is 43.5 Å². The van der Waals surface area contributed by atoms with Crippen LogP contribution in [0.2, 0.25) is 5.02 Å². The molecule has 0 aliphatic rings. The standard InChI is InChI=1S/C10H9Br2ClO/c1-10(2,12)9(14)6-3-7(11)5-8(13)4-6/h3-5H,1-2H3. The number of halogens is 3. The summed E-state index contributed by atoms with van der Waals surface area (Å²) in [6, 6.07) is 5.18. The number of ketones is 1. The normalized spacial score (nSPS) is 11.5. The number of carbonyl (C=O) groups excluding carboxylic acids is 1. The van der Waals surface area contributed by atoms with Gasteiger partial charge in [-0.05, 0) is 32.0 Å². The van der Waals surface area contributed by atoms with E-state index in [1.807, 2.05) is 13.8 Å². The van der Waals surface area contributed by atoms with Crippen molar-refractivity contribution in [3.8, 4) is 0 Å². The minimum absolute atomic E-state index is 0.0145. The molecule has 76 valence electrons. The number of rotatable bonds is 2. The highest BCUT2D eigenvalue weighted by Gasteiger charge is 2.25. The third-order valence-electron chi connectivity index (χ3n) is 1.66. The van der Waals surface area contributed by atoms with Gasteiger partial charge in [-0.15, -0.1) is 0 Å². The second-order valence-corrected chi connectivity index (χ2v) is 6.79. The Morgan fingerprint density at radius 3 is 2.36 bits per heavy atom. The highest BCUT2D eigenvalue weighted by Crippen LogP contribution is 2.26. The molecule has 0 saturated heterocycles. The number of benzene rings is 1. The van der Waals surface area contributed by atoms with Gasteiger partial charge in [0.25, 0.3) is 0 Å². The first-order valence-electron chi connectivity index (χ1n) is 4.00. The lowest BCUT2D eigenvalue weighted by Crippen LogP contribution is -2.23. The third-order valence-corrected chi connectivity index (χ3v) is 2.70. The predicted octanol–water partition coefficient (Wildman–Crippen LogP) is 4.46. The Morgan fingerprint density at radius 1 is 1.36 bits per heavy atom. The molecule has 0 radical (unpaired) electrons. The van der Waals surface area contributed by atoms with E-state index < -0.39 is 4.32 Å². The van der Waals surface area contributed by atoms with Crippen molar-refractivity contribution in [2.75, 3.05) is 0 Å². The molecule has 14 heavy (non-hydrogen) atoms. The van der Waals surface area contributed by atoms with Gasteiger partial charge in [-0.2, -0.15) is 0 Å². The average molecular weight is 340 g/mol. The van der Waals surface area contributed by atoms with E-state index in [1.54, 1.807) is 18.2 Å². The molecule has 4 heteroatoms. The minimum Gasteiger partial charge on any atom is -0.293 e. The monoisotopic (exact) mass is 338 g/mol. The number of carbonyl (C=O) groups is 1. The van der Waals surface area contributed by atoms with E-state index in [-0.39, 0.29) is 5.78 Å². The zero-order valence-corrected chi connectivity index (χ0v) is 11.7. The van der Waals surface area contributed by atoms with Crippen molar-refractivity contribution in [3.63, 3.8) is 0 Å². The van der Waals surface area contributed by atoms with Gasteiger partial charge in [0.15, 0.2) is 5.78 Å². The quantitative estimate of drug-likeness (QED) is 0.574. The Hall–Kier alpha value is 0.140. The van der Waals surface area contributed by atoms with E-state index in [0.717, 1.165) is 4.47 Å². The largest absolute Gasteiger partial charge is 0.293 e. The molecular formula is C10H9Br2ClO. The van der Waals surface area contributed by atoms with Gasteiger partial charge in [-0.3, -0.25) is 4.79 Å². The Morgan fingerprint density at radius 2 is 1.93 bits per heavy atom. The van der Waals surface area contributed by atoms with Crippen molar-refractivity contribution in [1.82, 2.24) is 0 Å². The van der Waals surface area contributed by atoms with Gasteiger partial charge in [-0.1, -0.05) is 43.5 Å². The summed E-state index contributed by atoms with van der Waals surface area (Å²) in [5, 5.41) is 0.555. The molecule has 0 bridgehead atoms. The molecule has 1 aromatic rings. The fourth-order valence-electron chi connectivity index (χ4n) is 1.03. The highest BCUT2D eigenvalue weighted by molar-refractivity contribution is 9.10. The van der Waals surface area contributed by atoms with Crippen LogP contribution in [0.4, 0.5) is 0 Å². The van der Waals surface area contributed by atoms with Crippen LogP contribution < -0.4 is 0 Å². The second kappa shape index (κ2) is 4.33. The van der Waals surface area contributed by atoms with Gasteiger partial charge in [0, 0.05) is 15.1 Å². The van der Waals surface area contributed by atoms with Gasteiger partial charge >= 0.3 is 0 Å². The fourth-order valence-corrected chi connectivity index (χ4v) is 2.12. The zero-order valence-electron chi connectivity index (χ0n) is 7.77. The maximum atomic E-state index is 11.8. The van der Waals surface area contributed by atoms with Gasteiger partial charge < -0.3 is 0 Å². The van der Waals surface area contributed by atoms with Gasteiger partial charge in [0.2, 0.25) is 0 Å². The maximum absolute atomic E-state index is 11.8. The molecule has 1 nitrogen and oxygen atoms in total. The summed E-state index contributed by atoms with van der Waals surface area (Å²) in [6.45, 7) is 3.62. The lowest BCUT2D eigenvalue weighted by Gasteiger charge is -2.14. The van der Waals surface area contributed by atoms with Crippen molar-refractivity contribution < 1.29 is 4.79 Å². The average Bonchev–Trinajstić information content (AvgIpc) is 1.99. The molecule has 1 rings (SSSR count). The summed E-state index contributed by atoms with van der Waals surface area (Å²) in [4.78, 5) is 11.8. The SMILES string of the molecule is CC(C)(Br)C(=O)c1cc(Cl)cc(Br)c1. The Labute approximate surface area is 105 Å². The van der Waals surface area contributed by atoms with Crippen molar-refractivity contribution in [1.29, 1.82) is 0 Å². The summed E-state index contributed by atoms with van der Waals surface area (Å²) < 4.78 is 0.252. The Balaban J connectivity index is 3.14. The fraction of sp³-hybridized carbons (Fsp3) is 0.300. The van der Waals surface area contributed by atoms with Crippen molar-refractivity contribution in [2.24, 2.45) is 0 Å². The molecule has 0 heterocycles. The summed E-state index contributed by atoms with van der Waals surface area (Å²) in [5.74, 6) is 0.0145. The minimum atomic E-state index is -0.558. The van der Waals surface area contributed by atoms with Gasteiger partial charge in [-0.25, -0.2) is 0 Å². The van der Waals surface area contributed by atoms with Crippen LogP contribution in [-0.4, -0.2) is 10.1 Å². The van der Waals surface area contributed by atoms with Crippen LogP contribution in [0.25, 0.3) is 0 Å². The molecule has 0 spiro atoms. The van der Waals surface area contributed by atoms with Crippen LogP contribution in [0, 0.1) is 0 Å². The van der Waals surface area contributed by atoms with Crippen molar-refractivity contribution in [2.45, 2.75) is 18.2 Å². The maximum Gasteiger partial charge on any atom is 0.179 e. The van der Waals surface area contributed by atoms with E-state index >= 15 is 0 Å². The van der Waals surface area contributed by atoms with Crippen molar-refractivity contribution in [3.05, 3.63) is 33.3 Å². The second-order valence-electron chi connectivity index (χ2n) is 3.46. The molecular weight excluding hydrogens is 331 g/mol. The number of alkyl halides is 1. The molecule has 0 saturated carbocycles. The van der Waals surface area contributed by atoms with E-state index in [0.29, 0.717) is 10.6 Å². The van der Waals surface area contributed by atoms with Crippen LogP contribution in [0.5, 0.6) is 0 Å². The molecule has 0 fully saturated rings. The molecule has 0 N–H and O–H groups in total. The molecule has 0 aliphatic carbocycles. The smallest absolute Gasteiger partial charge is 0.179 e. The highest BCUT2D eigenvalue weighted by atomic mass is 79.9. The first-order chi connectivity index (χ1) is 6.30. The van der Waals surface area contributed by atoms with Crippen molar-refractivity contribution >= 4 is 49.2 Å². The Kier molecular flexibility index (Phi) is 3.78. The zero-order chi connectivity index (χ0) is 10.9. The third kappa shape index (κ3) is 3.07. The predicted molar refractivity (Wildman–Crippen MR) is 66.5 cm³/mol. The molecule has 1 aromatic carbocycles. The van der Waals surface area contributed by atoms with E-state index in [2.05, 4.69) is 31.9 Å². The number of Topliss-reactive ketones (excluding diaryl/α,β-unsaturated/α-hetero) is 1. The lowest BCUT2D eigenvalue weighted by molar-refractivity contribution is 0.0961. The molecule has 0 aliphatic heterocycles. The van der Waals surface area contributed by atoms with Crippen LogP contribution in [0.15, 0.2) is 22.7 Å². The summed E-state index contributed by atoms with van der Waals surface area (Å²) in [7, 11) is 0. The Bertz CT molecular complexity index is 349. The van der Waals surface area contributed by atoms with Crippen LogP contribution in [0.3, 0.4) is 0 Å². The van der Waals surface area contributed by atoms with E-state index in [9.17, 15) is 4.79 Å². The van der Waals surface area contributed by atoms with Crippen LogP contribution in [0.1, 0.15) is 24.2 Å². The first-order valence-corrected chi connectivity index (χ1v) is 5.97. The van der Waals surface area contributed by atoms with E-state index in [1.165, 1.54) is 0 Å². The molecule has 0 unspecified atom stereocenters. The van der Waals surface area contributed by atoms with Gasteiger partial charge in [0.05, 0.1) is 4.32 Å². The van der Waals surface area contributed by atoms with E-state index in [4.69, 9.17) is 11.6 Å². The molecule has 0 amide bonds. The summed E-state index contributed by atoms with van der Waals surface area (Å²) in [5.41, 5.74) is 0.603. The lowest BCUT2D eigenvalue weighted by atomic mass is 10.0. The van der Waals surface area contributed by atoms with Crippen LogP contribution in [-0.2, 0) is 0 Å². The summed E-state index contributed by atoms with van der Waals surface area (Å²) in [6.07, 6.45) is 0. The first kappa shape index (κ1) is 12.2. The topological polar surface area (TPSA) is 17.1 Å². The molecule has 0 atom stereocenters. The summed E-state index contributed by atoms with van der Waals surface area (Å²) >= 11 is 12.5. The van der Waals surface area contributed by atoms with Gasteiger partial charge in [0.1, 0.15) is 0 Å². The number of hydrogen-bond donors (Lipinski definition) is 0. The number of hydrogen-bond acceptors (Lipinski definition) is 1.